The minimum atomic E-state index is 0.143. The second kappa shape index (κ2) is 5.25. The number of rotatable bonds is 5. The second-order valence-corrected chi connectivity index (χ2v) is 5.16. The minimum absolute atomic E-state index is 0.143. The van der Waals surface area contributed by atoms with E-state index in [-0.39, 0.29) is 5.91 Å². The van der Waals surface area contributed by atoms with Crippen molar-refractivity contribution < 1.29 is 4.79 Å². The van der Waals surface area contributed by atoms with Crippen LogP contribution in [0.1, 0.15) is 24.2 Å². The van der Waals surface area contributed by atoms with Crippen LogP contribution in [0.5, 0.6) is 0 Å². The molecule has 3 nitrogen and oxygen atoms in total. The molecule has 1 amide bonds. The van der Waals surface area contributed by atoms with E-state index in [0.29, 0.717) is 0 Å². The molecule has 0 aliphatic carbocycles. The van der Waals surface area contributed by atoms with Crippen LogP contribution in [0.15, 0.2) is 36.4 Å². The molecule has 3 rings (SSSR count). The Balaban J connectivity index is 1.93. The number of carbonyl (C=O) groups excluding carboxylic acids is 1. The van der Waals surface area contributed by atoms with Gasteiger partial charge < -0.3 is 9.80 Å². The van der Waals surface area contributed by atoms with E-state index in [9.17, 15) is 4.79 Å². The molecule has 104 valence electrons. The van der Waals surface area contributed by atoms with Crippen LogP contribution in [0.3, 0.4) is 0 Å². The summed E-state index contributed by atoms with van der Waals surface area (Å²) in [5.41, 5.74) is 1.91. The highest BCUT2D eigenvalue weighted by Gasteiger charge is 2.29. The van der Waals surface area contributed by atoms with Gasteiger partial charge in [-0.25, -0.2) is 0 Å². The fraction of sp³-hybridized carbons (Fsp3) is 0.353. The first-order valence-electron chi connectivity index (χ1n) is 7.32. The maximum atomic E-state index is 12.6. The zero-order valence-corrected chi connectivity index (χ0v) is 12.1. The van der Waals surface area contributed by atoms with Crippen LogP contribution in [0.25, 0.3) is 10.8 Å². The molecule has 0 atom stereocenters. The molecule has 0 radical (unpaired) electrons. The molecule has 0 spiro atoms. The number of anilines is 1. The molecular formula is C17H20N2O. The van der Waals surface area contributed by atoms with Crippen molar-refractivity contribution in [1.82, 2.24) is 4.90 Å². The molecule has 0 N–H and O–H groups in total. The fourth-order valence-electron chi connectivity index (χ4n) is 2.98. The summed E-state index contributed by atoms with van der Waals surface area (Å²) in [5, 5.41) is 2.26. The summed E-state index contributed by atoms with van der Waals surface area (Å²) in [4.78, 5) is 16.8. The average molecular weight is 268 g/mol. The Morgan fingerprint density at radius 2 is 1.75 bits per heavy atom. The van der Waals surface area contributed by atoms with Crippen LogP contribution in [-0.2, 0) is 0 Å². The Morgan fingerprint density at radius 1 is 1.05 bits per heavy atom. The summed E-state index contributed by atoms with van der Waals surface area (Å²) in [5.74, 6) is 0.143. The topological polar surface area (TPSA) is 23.6 Å². The maximum Gasteiger partial charge on any atom is 0.259 e. The van der Waals surface area contributed by atoms with Crippen LogP contribution in [-0.4, -0.2) is 37.0 Å². The number of nitrogens with zero attached hydrogens (tertiary/aromatic N) is 2. The van der Waals surface area contributed by atoms with Gasteiger partial charge in [0.2, 0.25) is 0 Å². The summed E-state index contributed by atoms with van der Waals surface area (Å²) in [6.07, 6.45) is 0. The average Bonchev–Trinajstić information content (AvgIpc) is 2.76. The second-order valence-electron chi connectivity index (χ2n) is 5.16. The van der Waals surface area contributed by atoms with E-state index in [4.69, 9.17) is 0 Å². The van der Waals surface area contributed by atoms with Crippen molar-refractivity contribution in [2.45, 2.75) is 13.8 Å². The first kappa shape index (κ1) is 13.1. The molecule has 0 bridgehead atoms. The third kappa shape index (κ3) is 1.98. The van der Waals surface area contributed by atoms with Gasteiger partial charge in [0.05, 0.1) is 5.69 Å². The van der Waals surface area contributed by atoms with Crippen LogP contribution in [0.4, 0.5) is 5.69 Å². The predicted molar refractivity (Wildman–Crippen MR) is 83.4 cm³/mol. The minimum Gasteiger partial charge on any atom is -0.306 e. The zero-order chi connectivity index (χ0) is 14.1. The molecule has 1 aliphatic rings. The van der Waals surface area contributed by atoms with E-state index >= 15 is 0 Å². The third-order valence-electron chi connectivity index (χ3n) is 4.18. The van der Waals surface area contributed by atoms with Crippen molar-refractivity contribution in [3.63, 3.8) is 0 Å². The summed E-state index contributed by atoms with van der Waals surface area (Å²) >= 11 is 0. The standard InChI is InChI=1S/C17H20N2O/c1-3-18(4-2)11-12-19-15-10-6-8-13-7-5-9-14(16(13)15)17(19)20/h5-10H,3-4,11-12H2,1-2H3. The number of carbonyl (C=O) groups is 1. The Labute approximate surface area is 119 Å². The number of amides is 1. The molecule has 1 aliphatic heterocycles. The summed E-state index contributed by atoms with van der Waals surface area (Å²) in [6, 6.07) is 12.1. The molecule has 0 fully saturated rings. The van der Waals surface area contributed by atoms with E-state index in [2.05, 4.69) is 36.9 Å². The third-order valence-corrected chi connectivity index (χ3v) is 4.18. The van der Waals surface area contributed by atoms with Crippen molar-refractivity contribution in [3.05, 3.63) is 42.0 Å². The van der Waals surface area contributed by atoms with E-state index in [1.54, 1.807) is 0 Å². The van der Waals surface area contributed by atoms with Gasteiger partial charge in [-0.3, -0.25) is 4.79 Å². The first-order chi connectivity index (χ1) is 9.76. The summed E-state index contributed by atoms with van der Waals surface area (Å²) in [7, 11) is 0. The quantitative estimate of drug-likeness (QED) is 0.831. The van der Waals surface area contributed by atoms with E-state index in [0.717, 1.165) is 48.2 Å². The van der Waals surface area contributed by atoms with Crippen LogP contribution >= 0.6 is 0 Å². The zero-order valence-electron chi connectivity index (χ0n) is 12.1. The van der Waals surface area contributed by atoms with E-state index in [1.807, 2.05) is 23.1 Å². The normalized spacial score (nSPS) is 13.8. The van der Waals surface area contributed by atoms with Gasteiger partial charge in [-0.2, -0.15) is 0 Å². The Hall–Kier alpha value is -1.87. The van der Waals surface area contributed by atoms with E-state index in [1.165, 1.54) is 0 Å². The molecule has 0 unspecified atom stereocenters. The molecular weight excluding hydrogens is 248 g/mol. The highest BCUT2D eigenvalue weighted by Crippen LogP contribution is 2.36. The lowest BCUT2D eigenvalue weighted by atomic mass is 10.1. The molecule has 0 aromatic heterocycles. The molecule has 0 saturated carbocycles. The lowest BCUT2D eigenvalue weighted by molar-refractivity contribution is 0.0990. The summed E-state index contributed by atoms with van der Waals surface area (Å²) < 4.78 is 0. The van der Waals surface area contributed by atoms with Crippen molar-refractivity contribution in [2.24, 2.45) is 0 Å². The van der Waals surface area contributed by atoms with Gasteiger partial charge in [0, 0.05) is 24.0 Å². The van der Waals surface area contributed by atoms with Gasteiger partial charge in [-0.1, -0.05) is 38.1 Å². The Morgan fingerprint density at radius 3 is 2.45 bits per heavy atom. The maximum absolute atomic E-state index is 12.6. The SMILES string of the molecule is CCN(CC)CCN1C(=O)c2cccc3cccc1c23. The smallest absolute Gasteiger partial charge is 0.259 e. The molecule has 2 aromatic rings. The van der Waals surface area contributed by atoms with Gasteiger partial charge >= 0.3 is 0 Å². The monoisotopic (exact) mass is 268 g/mol. The Bertz CT molecular complexity index is 641. The Kier molecular flexibility index (Phi) is 3.45. The van der Waals surface area contributed by atoms with Gasteiger partial charge in [-0.05, 0) is 30.6 Å². The van der Waals surface area contributed by atoms with E-state index < -0.39 is 0 Å². The van der Waals surface area contributed by atoms with Crippen molar-refractivity contribution in [1.29, 1.82) is 0 Å². The largest absolute Gasteiger partial charge is 0.306 e. The molecule has 20 heavy (non-hydrogen) atoms. The van der Waals surface area contributed by atoms with Crippen LogP contribution < -0.4 is 4.90 Å². The highest BCUT2D eigenvalue weighted by molar-refractivity contribution is 6.24. The number of benzene rings is 2. The number of hydrogen-bond donors (Lipinski definition) is 0. The molecule has 0 saturated heterocycles. The van der Waals surface area contributed by atoms with Gasteiger partial charge in [0.25, 0.3) is 5.91 Å². The number of hydrogen-bond acceptors (Lipinski definition) is 2. The van der Waals surface area contributed by atoms with Gasteiger partial charge in [0.15, 0.2) is 0 Å². The lowest BCUT2D eigenvalue weighted by Gasteiger charge is -2.23. The molecule has 1 heterocycles. The molecule has 2 aromatic carbocycles. The predicted octanol–water partition coefficient (Wildman–Crippen LogP) is 3.14. The van der Waals surface area contributed by atoms with Crippen molar-refractivity contribution >= 4 is 22.4 Å². The first-order valence-corrected chi connectivity index (χ1v) is 7.32. The number of likely N-dealkylation sites (N-methyl/N-ethyl adjacent to an activating group) is 1. The summed E-state index contributed by atoms with van der Waals surface area (Å²) in [6.45, 7) is 8.04. The van der Waals surface area contributed by atoms with Gasteiger partial charge in [-0.15, -0.1) is 0 Å². The van der Waals surface area contributed by atoms with Crippen LogP contribution in [0, 0.1) is 0 Å². The van der Waals surface area contributed by atoms with Crippen molar-refractivity contribution in [2.75, 3.05) is 31.1 Å². The van der Waals surface area contributed by atoms with Crippen LogP contribution in [0.2, 0.25) is 0 Å². The lowest BCUT2D eigenvalue weighted by Crippen LogP contribution is -2.36. The van der Waals surface area contributed by atoms with Gasteiger partial charge in [0.1, 0.15) is 0 Å². The highest BCUT2D eigenvalue weighted by atomic mass is 16.2. The molecule has 3 heteroatoms. The fourth-order valence-corrected chi connectivity index (χ4v) is 2.98. The van der Waals surface area contributed by atoms with Crippen molar-refractivity contribution in [3.8, 4) is 0 Å².